The first-order valence-corrected chi connectivity index (χ1v) is 7.50. The number of hydrogen-bond donors (Lipinski definition) is 1. The summed E-state index contributed by atoms with van der Waals surface area (Å²) in [6.45, 7) is 0. The molecule has 134 valence electrons. The Labute approximate surface area is 148 Å². The van der Waals surface area contributed by atoms with Crippen LogP contribution < -0.4 is 10.7 Å². The molecule has 0 aliphatic carbocycles. The number of halogens is 2. The normalized spacial score (nSPS) is 12.2. The van der Waals surface area contributed by atoms with Crippen LogP contribution in [0.2, 0.25) is 0 Å². The molecule has 1 aromatic heterocycles. The van der Waals surface area contributed by atoms with Gasteiger partial charge in [-0.05, 0) is 18.2 Å². The van der Waals surface area contributed by atoms with Crippen LogP contribution in [0.15, 0.2) is 65.5 Å². The van der Waals surface area contributed by atoms with E-state index in [0.29, 0.717) is 17.5 Å². The van der Waals surface area contributed by atoms with E-state index in [1.807, 2.05) is 0 Å². The number of pyridine rings is 1. The molecule has 1 amide bonds. The van der Waals surface area contributed by atoms with E-state index >= 15 is 0 Å². The topological polar surface area (TPSA) is 88.6 Å². The fourth-order valence-corrected chi connectivity index (χ4v) is 2.04. The van der Waals surface area contributed by atoms with Crippen LogP contribution >= 0.6 is 0 Å². The van der Waals surface area contributed by atoms with Crippen molar-refractivity contribution in [3.8, 4) is 0 Å². The van der Waals surface area contributed by atoms with Crippen molar-refractivity contribution in [1.29, 1.82) is 0 Å². The summed E-state index contributed by atoms with van der Waals surface area (Å²) in [5.41, 5.74) is 6.01. The minimum Gasteiger partial charge on any atom is -0.365 e. The average Bonchev–Trinajstić information content (AvgIpc) is 2.65. The van der Waals surface area contributed by atoms with Crippen LogP contribution in [-0.4, -0.2) is 29.9 Å². The zero-order valence-electron chi connectivity index (χ0n) is 13.8. The molecule has 0 radical (unpaired) electrons. The molecule has 1 heterocycles. The number of nitrogens with two attached hydrogens (primary N) is 1. The molecule has 0 saturated carbocycles. The quantitative estimate of drug-likeness (QED) is 0.206. The van der Waals surface area contributed by atoms with Crippen molar-refractivity contribution < 1.29 is 18.4 Å². The number of aldehydes is 1. The third kappa shape index (κ3) is 4.79. The van der Waals surface area contributed by atoms with Crippen LogP contribution in [0.5, 0.6) is 0 Å². The summed E-state index contributed by atoms with van der Waals surface area (Å²) in [6.07, 6.45) is 2.09. The number of hydrogen-bond acceptors (Lipinski definition) is 5. The Kier molecular flexibility index (Phi) is 6.26. The van der Waals surface area contributed by atoms with Gasteiger partial charge in [-0.15, -0.1) is 0 Å². The molecule has 0 bridgehead atoms. The molecule has 2 N–H and O–H groups in total. The Morgan fingerprint density at radius 3 is 2.46 bits per heavy atom. The number of hydrazone groups is 1. The molecular weight excluding hydrogens is 342 g/mol. The smallest absolute Gasteiger partial charge is 0.263 e. The van der Waals surface area contributed by atoms with Crippen molar-refractivity contribution in [2.75, 3.05) is 12.1 Å². The maximum absolute atomic E-state index is 12.7. The van der Waals surface area contributed by atoms with Crippen molar-refractivity contribution in [2.24, 2.45) is 10.8 Å². The van der Waals surface area contributed by atoms with Crippen molar-refractivity contribution in [2.45, 2.75) is 6.43 Å². The van der Waals surface area contributed by atoms with Gasteiger partial charge in [0.2, 0.25) is 0 Å². The standard InChI is InChI=1S/C18H16F2N4O2/c1-24(15-3-2-8-22-10-15)23-16(9-14(11-25)18(21)26)12-4-6-13(7-5-12)17(19)20/h2-11,17H,1H3,(H2,21,26)/b14-9+,23-16+. The van der Waals surface area contributed by atoms with Crippen LogP contribution in [0, 0.1) is 0 Å². The van der Waals surface area contributed by atoms with Gasteiger partial charge in [-0.3, -0.25) is 19.6 Å². The van der Waals surface area contributed by atoms with Crippen molar-refractivity contribution in [3.63, 3.8) is 0 Å². The first-order valence-electron chi connectivity index (χ1n) is 7.50. The van der Waals surface area contributed by atoms with E-state index in [4.69, 9.17) is 5.73 Å². The summed E-state index contributed by atoms with van der Waals surface area (Å²) in [6, 6.07) is 8.83. The number of amides is 1. The molecule has 26 heavy (non-hydrogen) atoms. The summed E-state index contributed by atoms with van der Waals surface area (Å²) < 4.78 is 25.5. The summed E-state index contributed by atoms with van der Waals surface area (Å²) in [7, 11) is 1.64. The van der Waals surface area contributed by atoms with Crippen molar-refractivity contribution in [3.05, 3.63) is 71.6 Å². The molecule has 0 unspecified atom stereocenters. The number of carbonyl (C=O) groups excluding carboxylic acids is 2. The van der Waals surface area contributed by atoms with E-state index in [0.717, 1.165) is 0 Å². The highest BCUT2D eigenvalue weighted by atomic mass is 19.3. The van der Waals surface area contributed by atoms with E-state index in [2.05, 4.69) is 10.1 Å². The van der Waals surface area contributed by atoms with E-state index in [-0.39, 0.29) is 16.8 Å². The van der Waals surface area contributed by atoms with Gasteiger partial charge in [-0.2, -0.15) is 5.10 Å². The Bertz CT molecular complexity index is 834. The van der Waals surface area contributed by atoms with Crippen LogP contribution in [0.1, 0.15) is 17.6 Å². The molecular formula is C18H16F2N4O2. The maximum Gasteiger partial charge on any atom is 0.263 e. The number of alkyl halides is 2. The lowest BCUT2D eigenvalue weighted by Crippen LogP contribution is -2.18. The Balaban J connectivity index is 2.49. The van der Waals surface area contributed by atoms with Gasteiger partial charge >= 0.3 is 0 Å². The summed E-state index contributed by atoms with van der Waals surface area (Å²) in [5, 5.41) is 5.82. The Hall–Kier alpha value is -3.42. The van der Waals surface area contributed by atoms with E-state index in [1.54, 1.807) is 31.6 Å². The van der Waals surface area contributed by atoms with Gasteiger partial charge in [-0.1, -0.05) is 24.3 Å². The molecule has 0 atom stereocenters. The highest BCUT2D eigenvalue weighted by Crippen LogP contribution is 2.20. The largest absolute Gasteiger partial charge is 0.365 e. The van der Waals surface area contributed by atoms with Gasteiger partial charge in [-0.25, -0.2) is 8.78 Å². The van der Waals surface area contributed by atoms with E-state index in [1.165, 1.54) is 35.4 Å². The molecule has 0 fully saturated rings. The van der Waals surface area contributed by atoms with Gasteiger partial charge < -0.3 is 5.73 Å². The second-order valence-corrected chi connectivity index (χ2v) is 5.22. The first kappa shape index (κ1) is 18.9. The lowest BCUT2D eigenvalue weighted by atomic mass is 10.1. The summed E-state index contributed by atoms with van der Waals surface area (Å²) in [5.74, 6) is -0.916. The fourth-order valence-electron chi connectivity index (χ4n) is 2.04. The number of benzene rings is 1. The van der Waals surface area contributed by atoms with Crippen molar-refractivity contribution >= 4 is 23.6 Å². The molecule has 2 rings (SSSR count). The third-order valence-corrected chi connectivity index (χ3v) is 3.44. The molecule has 2 aromatic rings. The number of rotatable bonds is 7. The second-order valence-electron chi connectivity index (χ2n) is 5.22. The van der Waals surface area contributed by atoms with Crippen molar-refractivity contribution in [1.82, 2.24) is 4.98 Å². The minimum atomic E-state index is -2.60. The molecule has 0 aliphatic rings. The number of primary amides is 1. The predicted octanol–water partition coefficient (Wildman–Crippen LogP) is 2.47. The number of nitrogens with zero attached hydrogens (tertiary/aromatic N) is 3. The number of anilines is 1. The minimum absolute atomic E-state index is 0.150. The number of allylic oxidation sites excluding steroid dienone is 1. The van der Waals surface area contributed by atoms with Gasteiger partial charge in [0.05, 0.1) is 23.2 Å². The average molecular weight is 358 g/mol. The lowest BCUT2D eigenvalue weighted by molar-refractivity contribution is -0.116. The monoisotopic (exact) mass is 358 g/mol. The van der Waals surface area contributed by atoms with Gasteiger partial charge in [0.25, 0.3) is 12.3 Å². The van der Waals surface area contributed by atoms with Crippen LogP contribution in [0.3, 0.4) is 0 Å². The highest BCUT2D eigenvalue weighted by Gasteiger charge is 2.12. The molecule has 8 heteroatoms. The van der Waals surface area contributed by atoms with E-state index < -0.39 is 12.3 Å². The van der Waals surface area contributed by atoms with E-state index in [9.17, 15) is 18.4 Å². The fraction of sp³-hybridized carbons (Fsp3) is 0.111. The summed E-state index contributed by atoms with van der Waals surface area (Å²) in [4.78, 5) is 26.4. The highest BCUT2D eigenvalue weighted by molar-refractivity contribution is 6.19. The van der Waals surface area contributed by atoms with Crippen LogP contribution in [0.25, 0.3) is 0 Å². The van der Waals surface area contributed by atoms with Gasteiger partial charge in [0, 0.05) is 24.4 Å². The Morgan fingerprint density at radius 1 is 1.27 bits per heavy atom. The number of aromatic nitrogens is 1. The lowest BCUT2D eigenvalue weighted by Gasteiger charge is -2.15. The molecule has 0 saturated heterocycles. The predicted molar refractivity (Wildman–Crippen MR) is 93.9 cm³/mol. The Morgan fingerprint density at radius 2 is 1.96 bits per heavy atom. The molecule has 0 spiro atoms. The maximum atomic E-state index is 12.7. The molecule has 0 aliphatic heterocycles. The zero-order valence-corrected chi connectivity index (χ0v) is 13.8. The number of carbonyl (C=O) groups is 2. The van der Waals surface area contributed by atoms with Crippen LogP contribution in [0.4, 0.5) is 14.5 Å². The van der Waals surface area contributed by atoms with Crippen LogP contribution in [-0.2, 0) is 9.59 Å². The molecule has 6 nitrogen and oxygen atoms in total. The van der Waals surface area contributed by atoms with Gasteiger partial charge in [0.15, 0.2) is 6.29 Å². The third-order valence-electron chi connectivity index (χ3n) is 3.44. The molecule has 1 aromatic carbocycles. The summed E-state index contributed by atoms with van der Waals surface area (Å²) >= 11 is 0. The SMILES string of the molecule is CN(/N=C(\C=C(/C=O)C(N)=O)c1ccc(C(F)F)cc1)c1cccnc1. The second kappa shape index (κ2) is 8.61. The van der Waals surface area contributed by atoms with Gasteiger partial charge in [0.1, 0.15) is 0 Å². The first-order chi connectivity index (χ1) is 12.4. The zero-order chi connectivity index (χ0) is 19.1.